The minimum Gasteiger partial charge on any atom is -0.372 e. The Bertz CT molecular complexity index is 461. The van der Waals surface area contributed by atoms with Gasteiger partial charge in [0.05, 0.1) is 6.04 Å². The van der Waals surface area contributed by atoms with E-state index in [1.165, 1.54) is 18.5 Å². The van der Waals surface area contributed by atoms with Gasteiger partial charge in [-0.05, 0) is 48.9 Å². The predicted molar refractivity (Wildman–Crippen MR) is 88.5 cm³/mol. The average molecular weight is 289 g/mol. The number of piperidine rings is 1. The van der Waals surface area contributed by atoms with E-state index < -0.39 is 6.04 Å². The molecule has 21 heavy (non-hydrogen) atoms. The van der Waals surface area contributed by atoms with Crippen LogP contribution in [0.1, 0.15) is 33.6 Å². The molecule has 1 heterocycles. The maximum atomic E-state index is 11.9. The summed E-state index contributed by atoms with van der Waals surface area (Å²) in [7, 11) is 0. The Morgan fingerprint density at radius 3 is 2.33 bits per heavy atom. The van der Waals surface area contributed by atoms with E-state index in [9.17, 15) is 4.79 Å². The molecule has 0 bridgehead atoms. The second-order valence-corrected chi connectivity index (χ2v) is 6.48. The molecule has 1 aromatic carbocycles. The number of hydrogen-bond acceptors (Lipinski definition) is 3. The van der Waals surface area contributed by atoms with E-state index >= 15 is 0 Å². The van der Waals surface area contributed by atoms with Gasteiger partial charge >= 0.3 is 0 Å². The van der Waals surface area contributed by atoms with Crippen molar-refractivity contribution in [3.05, 3.63) is 24.3 Å². The smallest absolute Gasteiger partial charge is 0.241 e. The van der Waals surface area contributed by atoms with Gasteiger partial charge in [0, 0.05) is 24.5 Å². The first-order valence-corrected chi connectivity index (χ1v) is 7.89. The molecule has 1 saturated heterocycles. The standard InChI is InChI=1S/C17H27N3O/c1-12(2)16(18)17(21)19-14-4-6-15(7-5-14)20-10-8-13(3)9-11-20/h4-7,12-13,16H,8-11,18H2,1-3H3,(H,19,21)/t16-/m1/s1. The number of nitrogens with one attached hydrogen (secondary N) is 1. The zero-order valence-corrected chi connectivity index (χ0v) is 13.3. The van der Waals surface area contributed by atoms with Crippen molar-refractivity contribution in [2.75, 3.05) is 23.3 Å². The molecule has 1 aliphatic rings. The lowest BCUT2D eigenvalue weighted by molar-refractivity contribution is -0.118. The molecule has 0 aromatic heterocycles. The van der Waals surface area contributed by atoms with Crippen LogP contribution in [0, 0.1) is 11.8 Å². The first-order chi connectivity index (χ1) is 9.97. The highest BCUT2D eigenvalue weighted by molar-refractivity contribution is 5.94. The number of rotatable bonds is 4. The normalized spacial score (nSPS) is 17.9. The molecular formula is C17H27N3O. The molecule has 116 valence electrons. The lowest BCUT2D eigenvalue weighted by atomic mass is 9.99. The molecule has 0 radical (unpaired) electrons. The lowest BCUT2D eigenvalue weighted by Crippen LogP contribution is -2.39. The molecule has 0 aliphatic carbocycles. The molecule has 1 amide bonds. The number of carbonyl (C=O) groups excluding carboxylic acids is 1. The number of nitrogens with zero attached hydrogens (tertiary/aromatic N) is 1. The SMILES string of the molecule is CC1CCN(c2ccc(NC(=O)[C@H](N)C(C)C)cc2)CC1. The van der Waals surface area contributed by atoms with Crippen LogP contribution in [0.2, 0.25) is 0 Å². The van der Waals surface area contributed by atoms with Crippen LogP contribution in [-0.2, 0) is 4.79 Å². The average Bonchev–Trinajstić information content (AvgIpc) is 2.48. The van der Waals surface area contributed by atoms with Crippen LogP contribution in [0.25, 0.3) is 0 Å². The Morgan fingerprint density at radius 2 is 1.81 bits per heavy atom. The third-order valence-corrected chi connectivity index (χ3v) is 4.30. The molecule has 1 fully saturated rings. The van der Waals surface area contributed by atoms with Crippen LogP contribution in [-0.4, -0.2) is 25.0 Å². The highest BCUT2D eigenvalue weighted by Gasteiger charge is 2.18. The maximum Gasteiger partial charge on any atom is 0.241 e. The number of carbonyl (C=O) groups is 1. The monoisotopic (exact) mass is 289 g/mol. The van der Waals surface area contributed by atoms with Gasteiger partial charge in [-0.15, -0.1) is 0 Å². The zero-order valence-electron chi connectivity index (χ0n) is 13.3. The highest BCUT2D eigenvalue weighted by Crippen LogP contribution is 2.24. The molecule has 1 aliphatic heterocycles. The fraction of sp³-hybridized carbons (Fsp3) is 0.588. The summed E-state index contributed by atoms with van der Waals surface area (Å²) in [4.78, 5) is 14.3. The van der Waals surface area contributed by atoms with Crippen LogP contribution in [0.5, 0.6) is 0 Å². The molecule has 4 nitrogen and oxygen atoms in total. The zero-order chi connectivity index (χ0) is 15.4. The first kappa shape index (κ1) is 15.8. The minimum absolute atomic E-state index is 0.121. The molecule has 2 rings (SSSR count). The summed E-state index contributed by atoms with van der Waals surface area (Å²) >= 11 is 0. The summed E-state index contributed by atoms with van der Waals surface area (Å²) in [6.45, 7) is 8.44. The van der Waals surface area contributed by atoms with Crippen molar-refractivity contribution in [2.24, 2.45) is 17.6 Å². The topological polar surface area (TPSA) is 58.4 Å². The van der Waals surface area contributed by atoms with Crippen molar-refractivity contribution in [1.29, 1.82) is 0 Å². The summed E-state index contributed by atoms with van der Waals surface area (Å²) in [5.41, 5.74) is 7.89. The van der Waals surface area contributed by atoms with Gasteiger partial charge in [-0.25, -0.2) is 0 Å². The molecule has 3 N–H and O–H groups in total. The van der Waals surface area contributed by atoms with E-state index in [4.69, 9.17) is 5.73 Å². The van der Waals surface area contributed by atoms with Crippen molar-refractivity contribution in [3.8, 4) is 0 Å². The summed E-state index contributed by atoms with van der Waals surface area (Å²) in [5.74, 6) is 0.849. The van der Waals surface area contributed by atoms with E-state index in [0.29, 0.717) is 0 Å². The summed E-state index contributed by atoms with van der Waals surface area (Å²) in [5, 5.41) is 2.88. The van der Waals surface area contributed by atoms with E-state index in [-0.39, 0.29) is 11.8 Å². The third-order valence-electron chi connectivity index (χ3n) is 4.30. The Balaban J connectivity index is 1.94. The van der Waals surface area contributed by atoms with E-state index in [0.717, 1.165) is 24.7 Å². The Kier molecular flexibility index (Phi) is 5.23. The molecule has 0 unspecified atom stereocenters. The van der Waals surface area contributed by atoms with Gasteiger partial charge in [0.25, 0.3) is 0 Å². The molecule has 0 saturated carbocycles. The number of benzene rings is 1. The second-order valence-electron chi connectivity index (χ2n) is 6.48. The van der Waals surface area contributed by atoms with Crippen molar-refractivity contribution in [2.45, 2.75) is 39.7 Å². The highest BCUT2D eigenvalue weighted by atomic mass is 16.2. The van der Waals surface area contributed by atoms with Crippen molar-refractivity contribution >= 4 is 17.3 Å². The van der Waals surface area contributed by atoms with Crippen LogP contribution >= 0.6 is 0 Å². The fourth-order valence-electron chi connectivity index (χ4n) is 2.55. The molecule has 4 heteroatoms. The van der Waals surface area contributed by atoms with E-state index in [1.807, 2.05) is 26.0 Å². The van der Waals surface area contributed by atoms with Gasteiger partial charge in [-0.2, -0.15) is 0 Å². The second kappa shape index (κ2) is 6.94. The summed E-state index contributed by atoms with van der Waals surface area (Å²) < 4.78 is 0. The Hall–Kier alpha value is -1.55. The molecule has 0 spiro atoms. The van der Waals surface area contributed by atoms with Crippen LogP contribution in [0.3, 0.4) is 0 Å². The number of amides is 1. The van der Waals surface area contributed by atoms with Gasteiger partial charge in [0.15, 0.2) is 0 Å². The quantitative estimate of drug-likeness (QED) is 0.896. The Labute approximate surface area is 127 Å². The molecule has 1 atom stereocenters. The van der Waals surface area contributed by atoms with E-state index in [1.54, 1.807) is 0 Å². The van der Waals surface area contributed by atoms with Gasteiger partial charge in [-0.3, -0.25) is 4.79 Å². The van der Waals surface area contributed by atoms with Gasteiger partial charge < -0.3 is 16.0 Å². The van der Waals surface area contributed by atoms with Crippen LogP contribution < -0.4 is 16.0 Å². The minimum atomic E-state index is -0.465. The van der Waals surface area contributed by atoms with Crippen molar-refractivity contribution < 1.29 is 4.79 Å². The first-order valence-electron chi connectivity index (χ1n) is 7.89. The van der Waals surface area contributed by atoms with Crippen LogP contribution in [0.15, 0.2) is 24.3 Å². The number of nitrogens with two attached hydrogens (primary N) is 1. The van der Waals surface area contributed by atoms with Gasteiger partial charge in [0.2, 0.25) is 5.91 Å². The maximum absolute atomic E-state index is 11.9. The number of anilines is 2. The van der Waals surface area contributed by atoms with Crippen molar-refractivity contribution in [1.82, 2.24) is 0 Å². The van der Waals surface area contributed by atoms with Crippen LogP contribution in [0.4, 0.5) is 11.4 Å². The largest absolute Gasteiger partial charge is 0.372 e. The van der Waals surface area contributed by atoms with Gasteiger partial charge in [-0.1, -0.05) is 20.8 Å². The third kappa shape index (κ3) is 4.21. The summed E-state index contributed by atoms with van der Waals surface area (Å²) in [6.07, 6.45) is 2.50. The van der Waals surface area contributed by atoms with E-state index in [2.05, 4.69) is 29.3 Å². The Morgan fingerprint density at radius 1 is 1.24 bits per heavy atom. The predicted octanol–water partition coefficient (Wildman–Crippen LogP) is 2.84. The lowest BCUT2D eigenvalue weighted by Gasteiger charge is -2.32. The fourth-order valence-corrected chi connectivity index (χ4v) is 2.55. The van der Waals surface area contributed by atoms with Crippen molar-refractivity contribution in [3.63, 3.8) is 0 Å². The van der Waals surface area contributed by atoms with Gasteiger partial charge in [0.1, 0.15) is 0 Å². The number of hydrogen-bond donors (Lipinski definition) is 2. The molecular weight excluding hydrogens is 262 g/mol. The summed E-state index contributed by atoms with van der Waals surface area (Å²) in [6, 6.07) is 7.60. The molecule has 1 aromatic rings.